The molecule has 6 nitrogen and oxygen atoms in total. The molecule has 0 radical (unpaired) electrons. The first-order valence-electron chi connectivity index (χ1n) is 9.59. The number of aromatic nitrogens is 2. The van der Waals surface area contributed by atoms with Crippen LogP contribution in [0, 0.1) is 19.7 Å². The van der Waals surface area contributed by atoms with Crippen LogP contribution in [0.25, 0.3) is 0 Å². The molecule has 31 heavy (non-hydrogen) atoms. The van der Waals surface area contributed by atoms with Crippen molar-refractivity contribution in [2.45, 2.75) is 26.3 Å². The molecule has 1 aliphatic rings. The van der Waals surface area contributed by atoms with Crippen molar-refractivity contribution in [3.05, 3.63) is 80.2 Å². The zero-order valence-corrected chi connectivity index (χ0v) is 19.2. The molecule has 2 heterocycles. The van der Waals surface area contributed by atoms with E-state index in [1.54, 1.807) is 19.1 Å². The Labute approximate surface area is 192 Å². The fraction of sp³-hybridized carbons (Fsp3) is 0.227. The molecular weight excluding hydrogens is 487 g/mol. The average Bonchev–Trinajstić information content (AvgIpc) is 2.75. The molecule has 0 saturated heterocycles. The van der Waals surface area contributed by atoms with Gasteiger partial charge in [0, 0.05) is 4.47 Å². The Balaban J connectivity index is 1.59. The second-order valence-corrected chi connectivity index (χ2v) is 8.53. The Bertz CT molecular complexity index is 1160. The Hall–Kier alpha value is -2.71. The van der Waals surface area contributed by atoms with Crippen molar-refractivity contribution in [1.82, 2.24) is 15.5 Å². The molecule has 2 aromatic carbocycles. The van der Waals surface area contributed by atoms with E-state index < -0.39 is 5.82 Å². The first kappa shape index (κ1) is 21.5. The van der Waals surface area contributed by atoms with Crippen molar-refractivity contribution >= 4 is 33.4 Å². The molecule has 1 aliphatic heterocycles. The van der Waals surface area contributed by atoms with Gasteiger partial charge in [-0.15, -0.1) is 5.10 Å². The van der Waals surface area contributed by atoms with Crippen molar-refractivity contribution in [3.8, 4) is 11.6 Å². The zero-order valence-electron chi connectivity index (χ0n) is 16.8. The quantitative estimate of drug-likeness (QED) is 0.507. The van der Waals surface area contributed by atoms with Gasteiger partial charge >= 0.3 is 0 Å². The molecule has 9 heteroatoms. The lowest BCUT2D eigenvalue weighted by molar-refractivity contribution is 0.109. The number of nitrogens with zero attached hydrogens (tertiary/aromatic N) is 3. The monoisotopic (exact) mass is 504 g/mol. The van der Waals surface area contributed by atoms with E-state index in [0.717, 1.165) is 10.9 Å². The normalized spacial score (nSPS) is 15.6. The van der Waals surface area contributed by atoms with Gasteiger partial charge in [0.2, 0.25) is 5.88 Å². The molecule has 0 spiro atoms. The number of nitrogens with one attached hydrogen (secondary N) is 1. The fourth-order valence-electron chi connectivity index (χ4n) is 3.23. The fourth-order valence-corrected chi connectivity index (χ4v) is 3.87. The lowest BCUT2D eigenvalue weighted by atomic mass is 10.0. The summed E-state index contributed by atoms with van der Waals surface area (Å²) < 4.78 is 21.1. The van der Waals surface area contributed by atoms with Crippen molar-refractivity contribution in [2.75, 3.05) is 6.61 Å². The highest BCUT2D eigenvalue weighted by Gasteiger charge is 2.24. The minimum atomic E-state index is -0.670. The maximum Gasteiger partial charge on any atom is 0.250 e. The number of hydrogen-bond acceptors (Lipinski definition) is 6. The summed E-state index contributed by atoms with van der Waals surface area (Å²) in [6, 6.07) is 12.4. The van der Waals surface area contributed by atoms with Gasteiger partial charge in [-0.2, -0.15) is 5.10 Å². The number of halogens is 3. The number of hydrogen-bond donors (Lipinski definition) is 1. The number of rotatable bonds is 5. The Morgan fingerprint density at radius 1 is 1.23 bits per heavy atom. The van der Waals surface area contributed by atoms with Gasteiger partial charge in [-0.05, 0) is 61.7 Å². The highest BCUT2D eigenvalue weighted by atomic mass is 79.9. The number of aryl methyl sites for hydroxylation is 2. The highest BCUT2D eigenvalue weighted by Crippen LogP contribution is 2.30. The summed E-state index contributed by atoms with van der Waals surface area (Å²) in [6.45, 7) is 4.28. The predicted molar refractivity (Wildman–Crippen MR) is 120 cm³/mol. The molecule has 1 atom stereocenters. The molecule has 1 aromatic heterocycles. The van der Waals surface area contributed by atoms with Gasteiger partial charge in [0.15, 0.2) is 17.4 Å². The molecular formula is C22H19BrClFN4O2. The van der Waals surface area contributed by atoms with E-state index in [0.29, 0.717) is 23.7 Å². The van der Waals surface area contributed by atoms with E-state index in [4.69, 9.17) is 21.2 Å². The largest absolute Gasteiger partial charge is 0.434 e. The van der Waals surface area contributed by atoms with Crippen LogP contribution in [-0.4, -0.2) is 28.7 Å². The SMILES string of the molecule is Cc1cc(C2=NOC[C@@H](Cc3ccc(Br)cc3C)N2)c(Oc2cccc(Cl)c2F)nn1. The van der Waals surface area contributed by atoms with Crippen LogP contribution in [0.3, 0.4) is 0 Å². The molecule has 0 bridgehead atoms. The Kier molecular flexibility index (Phi) is 6.38. The van der Waals surface area contributed by atoms with E-state index in [9.17, 15) is 4.39 Å². The van der Waals surface area contributed by atoms with Crippen LogP contribution in [-0.2, 0) is 11.3 Å². The third-order valence-electron chi connectivity index (χ3n) is 4.80. The summed E-state index contributed by atoms with van der Waals surface area (Å²) in [5, 5.41) is 15.6. The van der Waals surface area contributed by atoms with E-state index in [1.807, 2.05) is 6.07 Å². The molecule has 0 aliphatic carbocycles. The third kappa shape index (κ3) is 4.97. The smallest absolute Gasteiger partial charge is 0.250 e. The summed E-state index contributed by atoms with van der Waals surface area (Å²) in [4.78, 5) is 5.49. The standard InChI is InChI=1S/C22H19BrClFN4O2/c1-12-8-15(23)7-6-14(12)10-16-11-30-29-21(26-16)17-9-13(2)27-28-22(17)31-19-5-3-4-18(24)20(19)25/h3-9,16H,10-11H2,1-2H3,(H,26,29)/t16-/m1/s1. The summed E-state index contributed by atoms with van der Waals surface area (Å²) in [5.74, 6) is -0.175. The summed E-state index contributed by atoms with van der Waals surface area (Å²) in [7, 11) is 0. The van der Waals surface area contributed by atoms with Crippen LogP contribution in [0.4, 0.5) is 4.39 Å². The number of ether oxygens (including phenoxy) is 1. The highest BCUT2D eigenvalue weighted by molar-refractivity contribution is 9.10. The van der Waals surface area contributed by atoms with Gasteiger partial charge in [0.25, 0.3) is 0 Å². The lowest BCUT2D eigenvalue weighted by Crippen LogP contribution is -2.43. The average molecular weight is 506 g/mol. The maximum atomic E-state index is 14.3. The van der Waals surface area contributed by atoms with Crippen molar-refractivity contribution in [3.63, 3.8) is 0 Å². The van der Waals surface area contributed by atoms with Crippen LogP contribution < -0.4 is 10.1 Å². The van der Waals surface area contributed by atoms with Gasteiger partial charge in [0.05, 0.1) is 22.3 Å². The molecule has 0 amide bonds. The third-order valence-corrected chi connectivity index (χ3v) is 5.59. The summed E-state index contributed by atoms with van der Waals surface area (Å²) >= 11 is 9.35. The van der Waals surface area contributed by atoms with Gasteiger partial charge in [0.1, 0.15) is 6.61 Å². The molecule has 0 fully saturated rings. The van der Waals surface area contributed by atoms with Gasteiger partial charge < -0.3 is 14.9 Å². The number of amidine groups is 1. The van der Waals surface area contributed by atoms with E-state index in [-0.39, 0.29) is 22.7 Å². The molecule has 160 valence electrons. The minimum absolute atomic E-state index is 0.0170. The minimum Gasteiger partial charge on any atom is -0.434 e. The Morgan fingerprint density at radius 3 is 2.87 bits per heavy atom. The molecule has 1 N–H and O–H groups in total. The van der Waals surface area contributed by atoms with Crippen LogP contribution in [0.1, 0.15) is 22.4 Å². The Morgan fingerprint density at radius 2 is 2.06 bits per heavy atom. The van der Waals surface area contributed by atoms with Crippen molar-refractivity contribution in [1.29, 1.82) is 0 Å². The molecule has 0 unspecified atom stereocenters. The predicted octanol–water partition coefficient (Wildman–Crippen LogP) is 5.33. The van der Waals surface area contributed by atoms with Crippen LogP contribution in [0.5, 0.6) is 11.6 Å². The van der Waals surface area contributed by atoms with Gasteiger partial charge in [-0.1, -0.05) is 44.8 Å². The van der Waals surface area contributed by atoms with E-state index >= 15 is 0 Å². The van der Waals surface area contributed by atoms with E-state index in [1.165, 1.54) is 23.3 Å². The lowest BCUT2D eigenvalue weighted by Gasteiger charge is -2.25. The van der Waals surface area contributed by atoms with Crippen LogP contribution in [0.2, 0.25) is 5.02 Å². The van der Waals surface area contributed by atoms with Gasteiger partial charge in [-0.25, -0.2) is 4.39 Å². The summed E-state index contributed by atoms with van der Waals surface area (Å²) in [5.41, 5.74) is 3.56. The first-order valence-corrected chi connectivity index (χ1v) is 10.8. The number of benzene rings is 2. The molecule has 3 aromatic rings. The van der Waals surface area contributed by atoms with Crippen molar-refractivity contribution < 1.29 is 14.0 Å². The summed E-state index contributed by atoms with van der Waals surface area (Å²) in [6.07, 6.45) is 0.745. The van der Waals surface area contributed by atoms with Crippen LogP contribution in [0.15, 0.2) is 52.1 Å². The topological polar surface area (TPSA) is 68.6 Å². The van der Waals surface area contributed by atoms with Gasteiger partial charge in [-0.3, -0.25) is 0 Å². The molecule has 0 saturated carbocycles. The van der Waals surface area contributed by atoms with Crippen LogP contribution >= 0.6 is 27.5 Å². The second-order valence-electron chi connectivity index (χ2n) is 7.21. The first-order chi connectivity index (χ1) is 14.9. The maximum absolute atomic E-state index is 14.3. The second kappa shape index (κ2) is 9.20. The molecule has 4 rings (SSSR count). The number of oxime groups is 1. The zero-order chi connectivity index (χ0) is 22.0. The van der Waals surface area contributed by atoms with E-state index in [2.05, 4.69) is 55.7 Å². The van der Waals surface area contributed by atoms with Crippen molar-refractivity contribution in [2.24, 2.45) is 5.16 Å².